The van der Waals surface area contributed by atoms with E-state index >= 15 is 0 Å². The number of nitrogens with zero attached hydrogens (tertiary/aromatic N) is 4. The number of fused-ring (bicyclic) bond motifs is 20. The van der Waals surface area contributed by atoms with Crippen LogP contribution in [-0.2, 0) is 0 Å². The second kappa shape index (κ2) is 24.9. The van der Waals surface area contributed by atoms with Crippen molar-refractivity contribution in [1.29, 1.82) is 0 Å². The summed E-state index contributed by atoms with van der Waals surface area (Å²) in [6.07, 6.45) is 0. The highest BCUT2D eigenvalue weighted by atomic mass is 15.0. The molecule has 0 aliphatic carbocycles. The molecule has 4 heteroatoms. The van der Waals surface area contributed by atoms with Gasteiger partial charge in [0.25, 0.3) is 0 Å². The Labute approximate surface area is 612 Å². The summed E-state index contributed by atoms with van der Waals surface area (Å²) in [5.41, 5.74) is 23.0. The van der Waals surface area contributed by atoms with Gasteiger partial charge in [-0.2, -0.15) is 0 Å². The van der Waals surface area contributed by atoms with E-state index in [1.54, 1.807) is 0 Å². The van der Waals surface area contributed by atoms with E-state index in [0.717, 1.165) is 78.0 Å². The molecule has 0 saturated carbocycles. The molecule has 21 aromatic rings. The highest BCUT2D eigenvalue weighted by Crippen LogP contribution is 2.42. The van der Waals surface area contributed by atoms with Gasteiger partial charge in [-0.25, -0.2) is 0 Å². The van der Waals surface area contributed by atoms with Crippen LogP contribution in [0.5, 0.6) is 0 Å². The fourth-order valence-electron chi connectivity index (χ4n) is 17.2. The molecule has 494 valence electrons. The van der Waals surface area contributed by atoms with E-state index in [2.05, 4.69) is 419 Å². The molecule has 21 rings (SSSR count). The van der Waals surface area contributed by atoms with Crippen LogP contribution in [0.25, 0.3) is 198 Å². The minimum Gasteiger partial charge on any atom is -0.309 e. The molecule has 4 nitrogen and oxygen atoms in total. The predicted octanol–water partition coefficient (Wildman–Crippen LogP) is 27.6. The van der Waals surface area contributed by atoms with Crippen LogP contribution < -0.4 is 0 Å². The van der Waals surface area contributed by atoms with Crippen molar-refractivity contribution in [2.45, 2.75) is 0 Å². The highest BCUT2D eigenvalue weighted by molar-refractivity contribution is 6.22. The van der Waals surface area contributed by atoms with Gasteiger partial charge >= 0.3 is 0 Å². The van der Waals surface area contributed by atoms with Crippen LogP contribution in [0.15, 0.2) is 400 Å². The Kier molecular flexibility index (Phi) is 14.2. The van der Waals surface area contributed by atoms with Gasteiger partial charge in [0, 0.05) is 65.8 Å². The van der Waals surface area contributed by atoms with Crippen molar-refractivity contribution in [2.24, 2.45) is 0 Å². The molecule has 17 aromatic carbocycles. The van der Waals surface area contributed by atoms with Crippen LogP contribution in [0.4, 0.5) is 0 Å². The molecule has 0 N–H and O–H groups in total. The van der Waals surface area contributed by atoms with E-state index in [0.29, 0.717) is 0 Å². The Hall–Kier alpha value is -14.1. The molecule has 0 aliphatic heterocycles. The van der Waals surface area contributed by atoms with Crippen LogP contribution in [0.2, 0.25) is 0 Å². The van der Waals surface area contributed by atoms with Gasteiger partial charge in [0.2, 0.25) is 0 Å². The Morgan fingerprint density at radius 1 is 0.104 bits per heavy atom. The zero-order valence-electron chi connectivity index (χ0n) is 57.9. The molecule has 0 amide bonds. The van der Waals surface area contributed by atoms with E-state index in [1.165, 1.54) is 120 Å². The molecule has 4 heterocycles. The first-order chi connectivity index (χ1) is 52.6. The van der Waals surface area contributed by atoms with Gasteiger partial charge in [-0.15, -0.1) is 0 Å². The van der Waals surface area contributed by atoms with Crippen molar-refractivity contribution in [2.75, 3.05) is 0 Å². The van der Waals surface area contributed by atoms with E-state index in [1.807, 2.05) is 0 Å². The minimum atomic E-state index is 1.09. The first-order valence-corrected chi connectivity index (χ1v) is 36.5. The van der Waals surface area contributed by atoms with Gasteiger partial charge in [0.15, 0.2) is 0 Å². The van der Waals surface area contributed by atoms with Crippen molar-refractivity contribution in [3.8, 4) is 67.3 Å². The van der Waals surface area contributed by atoms with Crippen LogP contribution >= 0.6 is 0 Å². The zero-order chi connectivity index (χ0) is 69.8. The summed E-state index contributed by atoms with van der Waals surface area (Å²) < 4.78 is 9.71. The lowest BCUT2D eigenvalue weighted by Gasteiger charge is -2.15. The summed E-state index contributed by atoms with van der Waals surface area (Å²) >= 11 is 0. The lowest BCUT2D eigenvalue weighted by Crippen LogP contribution is -1.98. The average molecular weight is 1350 g/mol. The number of para-hydroxylation sites is 7. The number of hydrogen-bond donors (Lipinski definition) is 0. The van der Waals surface area contributed by atoms with Crippen LogP contribution in [-0.4, -0.2) is 18.3 Å². The van der Waals surface area contributed by atoms with Gasteiger partial charge in [0.05, 0.1) is 44.1 Å². The van der Waals surface area contributed by atoms with Crippen molar-refractivity contribution in [3.05, 3.63) is 400 Å². The Bertz CT molecular complexity index is 7130. The number of hydrogen-bond acceptors (Lipinski definition) is 0. The van der Waals surface area contributed by atoms with Crippen molar-refractivity contribution >= 4 is 130 Å². The molecule has 0 atom stereocenters. The second-order valence-electron chi connectivity index (χ2n) is 27.9. The Balaban J connectivity index is 0.621. The summed E-state index contributed by atoms with van der Waals surface area (Å²) in [6, 6.07) is 148. The summed E-state index contributed by atoms with van der Waals surface area (Å²) in [7, 11) is 0. The highest BCUT2D eigenvalue weighted by Gasteiger charge is 2.19. The first kappa shape index (κ1) is 60.7. The van der Waals surface area contributed by atoms with Crippen molar-refractivity contribution < 1.29 is 0 Å². The number of benzene rings is 17. The van der Waals surface area contributed by atoms with Crippen molar-refractivity contribution in [3.63, 3.8) is 0 Å². The molecule has 0 spiro atoms. The molecule has 0 radical (unpaired) electrons. The molecule has 0 unspecified atom stereocenters. The lowest BCUT2D eigenvalue weighted by atomic mass is 9.95. The van der Waals surface area contributed by atoms with Crippen LogP contribution in [0.3, 0.4) is 0 Å². The smallest absolute Gasteiger partial charge is 0.0541 e. The quantitative estimate of drug-likeness (QED) is 0.144. The maximum Gasteiger partial charge on any atom is 0.0541 e. The molecule has 106 heavy (non-hydrogen) atoms. The van der Waals surface area contributed by atoms with Crippen molar-refractivity contribution in [1.82, 2.24) is 18.3 Å². The van der Waals surface area contributed by atoms with Gasteiger partial charge in [-0.05, 0) is 203 Å². The van der Waals surface area contributed by atoms with Crippen LogP contribution in [0.1, 0.15) is 0 Å². The molecule has 0 fully saturated rings. The summed E-state index contributed by atoms with van der Waals surface area (Å²) in [6.45, 7) is 0. The Morgan fingerprint density at radius 3 is 0.594 bits per heavy atom. The summed E-state index contributed by atoms with van der Waals surface area (Å²) in [5.74, 6) is 0. The predicted molar refractivity (Wildman–Crippen MR) is 451 cm³/mol. The molecule has 0 bridgehead atoms. The van der Waals surface area contributed by atoms with E-state index in [9.17, 15) is 0 Å². The van der Waals surface area contributed by atoms with E-state index in [4.69, 9.17) is 0 Å². The zero-order valence-corrected chi connectivity index (χ0v) is 57.9. The first-order valence-electron chi connectivity index (χ1n) is 36.5. The summed E-state index contributed by atoms with van der Waals surface area (Å²) in [4.78, 5) is 0. The Morgan fingerprint density at radius 2 is 0.292 bits per heavy atom. The molecule has 4 aromatic heterocycles. The minimum absolute atomic E-state index is 1.09. The van der Waals surface area contributed by atoms with Gasteiger partial charge in [-0.3, -0.25) is 0 Å². The normalized spacial score (nSPS) is 11.8. The SMILES string of the molecule is c1cc(-c2ccc3c(c2)c2ccccc2c2ccccc2n(-c2ccc(-c4ccc(-n5c6ccccc6c6ccccc65)cc4)cc2)c2ccccc32)cc(-c2ccc3c(c2)c2ccccc2n3-c2ccc(-c3ccc(-n4c5ccccc5c5ccccc5c5ccccc5c5ccccc54)cc3)cc2)c1. The topological polar surface area (TPSA) is 19.7 Å². The number of rotatable bonds is 8. The standard InChI is InChI=1S/C102H66N4/c1-3-26-81-79(24-1)80-25-2-4-27-82(80)87-31-8-15-38-96(87)103(95-37-14-7-30-86(81)95)75-54-44-68(45-55-75)70-50-60-78(61-51-70)106-101-43-20-13-36-92(101)94-66-74(53-63-102(94)106)72-23-21-22-71(64-72)73-52-62-85-89-33-10-17-40-98(89)104(97-39-16-9-32-88(97)83-28-5-6-29-84(83)93(85)65-73)76-56-46-67(47-57-76)69-48-58-77(59-49-69)105-99-41-18-11-34-90(99)91-35-12-19-42-100(91)105/h1-66H. The molecule has 0 saturated heterocycles. The third-order valence-electron chi connectivity index (χ3n) is 22.1. The van der Waals surface area contributed by atoms with Gasteiger partial charge < -0.3 is 18.3 Å². The fourth-order valence-corrected chi connectivity index (χ4v) is 17.2. The van der Waals surface area contributed by atoms with Crippen LogP contribution in [0, 0.1) is 0 Å². The van der Waals surface area contributed by atoms with Gasteiger partial charge in [-0.1, -0.05) is 285 Å². The maximum absolute atomic E-state index is 2.46. The lowest BCUT2D eigenvalue weighted by molar-refractivity contribution is 1.17. The summed E-state index contributed by atoms with van der Waals surface area (Å²) in [5, 5.41) is 19.3. The largest absolute Gasteiger partial charge is 0.309 e. The third kappa shape index (κ3) is 9.91. The van der Waals surface area contributed by atoms with E-state index in [-0.39, 0.29) is 0 Å². The second-order valence-corrected chi connectivity index (χ2v) is 27.9. The third-order valence-corrected chi connectivity index (χ3v) is 22.1. The maximum atomic E-state index is 2.46. The average Bonchev–Trinajstić information content (AvgIpc) is 1.58. The van der Waals surface area contributed by atoms with Gasteiger partial charge in [0.1, 0.15) is 0 Å². The molecular formula is C102H66N4. The molecular weight excluding hydrogens is 1280 g/mol. The monoisotopic (exact) mass is 1350 g/mol. The van der Waals surface area contributed by atoms with E-state index < -0.39 is 0 Å². The number of aromatic nitrogens is 4. The molecule has 0 aliphatic rings. The fraction of sp³-hybridized carbons (Fsp3) is 0.